The number of aromatic carboxylic acids is 1. The van der Waals surface area contributed by atoms with Crippen LogP contribution in [0.25, 0.3) is 0 Å². The Morgan fingerprint density at radius 3 is 2.36 bits per heavy atom. The zero-order valence-corrected chi connectivity index (χ0v) is 21.9. The molecule has 0 radical (unpaired) electrons. The average Bonchev–Trinajstić information content (AvgIpc) is 2.85. The minimum absolute atomic E-state index is 0.0581. The summed E-state index contributed by atoms with van der Waals surface area (Å²) in [4.78, 5) is 13.8. The van der Waals surface area contributed by atoms with Crippen LogP contribution in [0.2, 0.25) is 10.0 Å². The van der Waals surface area contributed by atoms with Crippen molar-refractivity contribution >= 4 is 29.2 Å². The number of halogens is 2. The highest BCUT2D eigenvalue weighted by Crippen LogP contribution is 2.40. The molecule has 1 saturated heterocycles. The Morgan fingerprint density at radius 2 is 1.75 bits per heavy atom. The van der Waals surface area contributed by atoms with Crippen molar-refractivity contribution in [2.24, 2.45) is 0 Å². The highest BCUT2D eigenvalue weighted by molar-refractivity contribution is 6.34. The summed E-state index contributed by atoms with van der Waals surface area (Å²) in [5, 5.41) is 20.6. The van der Waals surface area contributed by atoms with Crippen molar-refractivity contribution in [3.05, 3.63) is 105 Å². The van der Waals surface area contributed by atoms with Crippen molar-refractivity contribution in [1.82, 2.24) is 4.90 Å². The topological polar surface area (TPSA) is 70.0 Å². The van der Waals surface area contributed by atoms with E-state index in [1.54, 1.807) is 30.3 Å². The van der Waals surface area contributed by atoms with Gasteiger partial charge >= 0.3 is 5.97 Å². The Hall–Kier alpha value is -2.41. The maximum atomic E-state index is 11.4. The van der Waals surface area contributed by atoms with Gasteiger partial charge in [-0.15, -0.1) is 0 Å². The standard InChI is InChI=1S/C29H31Cl2NO4/c1-18-12-21(29(34)35)9-10-22(18)16-32-19(2)8-11-26(28(32)20-6-4-3-5-7-20)36-27(17-33)23-13-24(30)15-25(31)14-23/h3-7,9-10,12-15,19,26-28,33H,8,11,16-17H2,1-2H3,(H,34,35)/t19?,26-,27+,28-/m0/s1. The van der Waals surface area contributed by atoms with Gasteiger partial charge in [0.05, 0.1) is 24.3 Å². The maximum absolute atomic E-state index is 11.4. The van der Waals surface area contributed by atoms with E-state index >= 15 is 0 Å². The number of nitrogens with zero attached hydrogens (tertiary/aromatic N) is 1. The number of benzene rings is 3. The number of hydrogen-bond acceptors (Lipinski definition) is 4. The first-order valence-electron chi connectivity index (χ1n) is 12.1. The molecule has 4 rings (SSSR count). The van der Waals surface area contributed by atoms with Crippen molar-refractivity contribution in [2.45, 2.75) is 57.5 Å². The monoisotopic (exact) mass is 527 g/mol. The van der Waals surface area contributed by atoms with Gasteiger partial charge in [-0.25, -0.2) is 4.79 Å². The zero-order valence-electron chi connectivity index (χ0n) is 20.4. The van der Waals surface area contributed by atoms with Gasteiger partial charge < -0.3 is 14.9 Å². The van der Waals surface area contributed by atoms with E-state index in [9.17, 15) is 15.0 Å². The molecule has 0 spiro atoms. The van der Waals surface area contributed by atoms with Crippen LogP contribution in [0, 0.1) is 6.92 Å². The highest BCUT2D eigenvalue weighted by Gasteiger charge is 2.38. The number of rotatable bonds is 8. The van der Waals surface area contributed by atoms with Crippen LogP contribution < -0.4 is 0 Å². The number of aliphatic hydroxyl groups excluding tert-OH is 1. The number of carboxylic acid groups (broad SMARTS) is 1. The second-order valence-corrected chi connectivity index (χ2v) is 10.3. The number of aryl methyl sites for hydroxylation is 1. The molecule has 36 heavy (non-hydrogen) atoms. The molecule has 7 heteroatoms. The summed E-state index contributed by atoms with van der Waals surface area (Å²) < 4.78 is 6.61. The Balaban J connectivity index is 1.67. The molecule has 0 saturated carbocycles. The molecule has 190 valence electrons. The zero-order chi connectivity index (χ0) is 25.8. The summed E-state index contributed by atoms with van der Waals surface area (Å²) in [6.07, 6.45) is 1.01. The van der Waals surface area contributed by atoms with Gasteiger partial charge in [0, 0.05) is 22.6 Å². The lowest BCUT2D eigenvalue weighted by Gasteiger charge is -2.46. The van der Waals surface area contributed by atoms with Crippen molar-refractivity contribution in [3.63, 3.8) is 0 Å². The molecule has 3 aromatic carbocycles. The van der Waals surface area contributed by atoms with Gasteiger partial charge in [0.2, 0.25) is 0 Å². The van der Waals surface area contributed by atoms with E-state index < -0.39 is 12.1 Å². The molecule has 1 heterocycles. The lowest BCUT2D eigenvalue weighted by Crippen LogP contribution is -2.47. The van der Waals surface area contributed by atoms with Crippen molar-refractivity contribution in [3.8, 4) is 0 Å². The van der Waals surface area contributed by atoms with Gasteiger partial charge in [-0.3, -0.25) is 4.90 Å². The van der Waals surface area contributed by atoms with Crippen molar-refractivity contribution in [2.75, 3.05) is 6.61 Å². The number of aliphatic hydroxyl groups is 1. The largest absolute Gasteiger partial charge is 0.478 e. The Labute approximate surface area is 222 Å². The lowest BCUT2D eigenvalue weighted by molar-refractivity contribution is -0.112. The fourth-order valence-corrected chi connectivity index (χ4v) is 5.61. The molecule has 1 unspecified atom stereocenters. The molecule has 4 atom stereocenters. The second-order valence-electron chi connectivity index (χ2n) is 9.45. The second kappa shape index (κ2) is 11.8. The van der Waals surface area contributed by atoms with Crippen LogP contribution >= 0.6 is 23.2 Å². The van der Waals surface area contributed by atoms with Crippen LogP contribution in [0.4, 0.5) is 0 Å². The van der Waals surface area contributed by atoms with Crippen molar-refractivity contribution in [1.29, 1.82) is 0 Å². The first-order chi connectivity index (χ1) is 17.3. The molecule has 1 aliphatic rings. The Kier molecular flexibility index (Phi) is 8.70. The summed E-state index contributed by atoms with van der Waals surface area (Å²) in [6, 6.07) is 21.0. The molecular formula is C29H31Cl2NO4. The van der Waals surface area contributed by atoms with Gasteiger partial charge in [0.1, 0.15) is 6.10 Å². The molecule has 0 bridgehead atoms. The fourth-order valence-electron chi connectivity index (χ4n) is 5.07. The quantitative estimate of drug-likeness (QED) is 0.335. The van der Waals surface area contributed by atoms with Crippen molar-refractivity contribution < 1.29 is 19.7 Å². The van der Waals surface area contributed by atoms with Gasteiger partial charge in [-0.1, -0.05) is 59.6 Å². The normalized spacial score (nSPS) is 21.3. The van der Waals surface area contributed by atoms with E-state index in [2.05, 4.69) is 24.0 Å². The van der Waals surface area contributed by atoms with Crippen LogP contribution in [-0.2, 0) is 11.3 Å². The molecule has 1 fully saturated rings. The fraction of sp³-hybridized carbons (Fsp3) is 0.345. The number of piperidine rings is 1. The minimum atomic E-state index is -0.928. The smallest absolute Gasteiger partial charge is 0.335 e. The predicted molar refractivity (Wildman–Crippen MR) is 143 cm³/mol. The van der Waals surface area contributed by atoms with Crippen LogP contribution in [0.15, 0.2) is 66.7 Å². The lowest BCUT2D eigenvalue weighted by atomic mass is 9.87. The Morgan fingerprint density at radius 1 is 1.06 bits per heavy atom. The van der Waals surface area contributed by atoms with E-state index in [1.807, 2.05) is 31.2 Å². The molecular weight excluding hydrogens is 497 g/mol. The van der Waals surface area contributed by atoms with E-state index in [0.717, 1.165) is 35.1 Å². The van der Waals surface area contributed by atoms with E-state index in [4.69, 9.17) is 27.9 Å². The number of likely N-dealkylation sites (tertiary alicyclic amines) is 1. The first kappa shape index (κ1) is 26.6. The number of hydrogen-bond donors (Lipinski definition) is 2. The molecule has 3 aromatic rings. The van der Waals surface area contributed by atoms with Crippen LogP contribution in [0.3, 0.4) is 0 Å². The van der Waals surface area contributed by atoms with Gasteiger partial charge in [0.25, 0.3) is 0 Å². The number of carbonyl (C=O) groups is 1. The summed E-state index contributed by atoms with van der Waals surface area (Å²) in [7, 11) is 0. The van der Waals surface area contributed by atoms with E-state index in [-0.39, 0.29) is 30.4 Å². The average molecular weight is 528 g/mol. The predicted octanol–water partition coefficient (Wildman–Crippen LogP) is 6.84. The number of ether oxygens (including phenoxy) is 1. The summed E-state index contributed by atoms with van der Waals surface area (Å²) in [5.41, 5.74) is 4.18. The van der Waals surface area contributed by atoms with E-state index in [0.29, 0.717) is 16.6 Å². The number of carboxylic acids is 1. The third kappa shape index (κ3) is 6.10. The SMILES string of the molecule is Cc1cc(C(=O)O)ccc1CN1C(C)CC[C@H](O[C@H](CO)c2cc(Cl)cc(Cl)c2)[C@@H]1c1ccccc1. The van der Waals surface area contributed by atoms with Crippen LogP contribution in [0.5, 0.6) is 0 Å². The summed E-state index contributed by atoms with van der Waals surface area (Å²) in [6.45, 7) is 4.62. The molecule has 0 aliphatic carbocycles. The third-order valence-corrected chi connectivity index (χ3v) is 7.43. The van der Waals surface area contributed by atoms with Gasteiger partial charge in [-0.2, -0.15) is 0 Å². The van der Waals surface area contributed by atoms with Crippen LogP contribution in [-0.4, -0.2) is 39.8 Å². The molecule has 0 aromatic heterocycles. The highest BCUT2D eigenvalue weighted by atomic mass is 35.5. The van der Waals surface area contributed by atoms with Gasteiger partial charge in [0.15, 0.2) is 0 Å². The Bertz CT molecular complexity index is 1180. The first-order valence-corrected chi connectivity index (χ1v) is 12.9. The van der Waals surface area contributed by atoms with Crippen LogP contribution in [0.1, 0.15) is 64.5 Å². The summed E-state index contributed by atoms with van der Waals surface area (Å²) in [5.74, 6) is -0.928. The summed E-state index contributed by atoms with van der Waals surface area (Å²) >= 11 is 12.5. The molecule has 1 aliphatic heterocycles. The molecule has 5 nitrogen and oxygen atoms in total. The minimum Gasteiger partial charge on any atom is -0.478 e. The van der Waals surface area contributed by atoms with E-state index in [1.165, 1.54) is 0 Å². The third-order valence-electron chi connectivity index (χ3n) is 6.99. The maximum Gasteiger partial charge on any atom is 0.335 e. The van der Waals surface area contributed by atoms with Gasteiger partial charge in [-0.05, 0) is 79.3 Å². The molecule has 2 N–H and O–H groups in total. The molecule has 0 amide bonds.